The number of aryl methyl sites for hydroxylation is 1. The van der Waals surface area contributed by atoms with Gasteiger partial charge in [0.25, 0.3) is 0 Å². The van der Waals surface area contributed by atoms with Gasteiger partial charge in [-0.2, -0.15) is 0 Å². The molecule has 0 fully saturated rings. The van der Waals surface area contributed by atoms with E-state index in [1.54, 1.807) is 0 Å². The average Bonchev–Trinajstić information content (AvgIpc) is 2.49. The largest absolute Gasteiger partial charge is 0.361 e. The van der Waals surface area contributed by atoms with E-state index in [0.717, 1.165) is 22.3 Å². The topological polar surface area (TPSA) is 15.8 Å². The smallest absolute Gasteiger partial charge is 0.0457 e. The molecule has 1 nitrogen and oxygen atoms in total. The molecule has 0 bridgehead atoms. The number of hydrogen-bond donors (Lipinski definition) is 1. The number of benzene rings is 1. The van der Waals surface area contributed by atoms with Crippen molar-refractivity contribution in [3.63, 3.8) is 0 Å². The highest BCUT2D eigenvalue weighted by molar-refractivity contribution is 9.09. The Kier molecular flexibility index (Phi) is 2.61. The Hall–Kier alpha value is -0.470. The Bertz CT molecular complexity index is 422. The Morgan fingerprint density at radius 1 is 1.38 bits per heavy atom. The lowest BCUT2D eigenvalue weighted by Gasteiger charge is -1.95. The zero-order chi connectivity index (χ0) is 9.26. The van der Waals surface area contributed by atoms with Crippen molar-refractivity contribution in [3.8, 4) is 0 Å². The van der Waals surface area contributed by atoms with Crippen LogP contribution in [0.1, 0.15) is 5.56 Å². The second-order valence-corrected chi connectivity index (χ2v) is 4.17. The normalized spacial score (nSPS) is 10.9. The maximum Gasteiger partial charge on any atom is 0.0457 e. The lowest BCUT2D eigenvalue weighted by atomic mass is 10.1. The lowest BCUT2D eigenvalue weighted by Crippen LogP contribution is -1.81. The maximum absolute atomic E-state index is 5.92. The van der Waals surface area contributed by atoms with Crippen molar-refractivity contribution in [2.45, 2.75) is 6.42 Å². The summed E-state index contributed by atoms with van der Waals surface area (Å²) < 4.78 is 0. The zero-order valence-electron chi connectivity index (χ0n) is 6.98. The summed E-state index contributed by atoms with van der Waals surface area (Å²) in [7, 11) is 0. The van der Waals surface area contributed by atoms with Crippen molar-refractivity contribution in [2.24, 2.45) is 0 Å². The van der Waals surface area contributed by atoms with Crippen molar-refractivity contribution in [1.29, 1.82) is 0 Å². The molecule has 0 aliphatic rings. The number of hydrogen-bond acceptors (Lipinski definition) is 0. The minimum absolute atomic E-state index is 0.794. The van der Waals surface area contributed by atoms with E-state index in [4.69, 9.17) is 11.6 Å². The Morgan fingerprint density at radius 2 is 2.23 bits per heavy atom. The maximum atomic E-state index is 5.92. The average molecular weight is 259 g/mol. The van der Waals surface area contributed by atoms with Crippen molar-refractivity contribution < 1.29 is 0 Å². The van der Waals surface area contributed by atoms with Gasteiger partial charge in [-0.05, 0) is 30.2 Å². The van der Waals surface area contributed by atoms with Crippen LogP contribution in [-0.4, -0.2) is 10.3 Å². The van der Waals surface area contributed by atoms with Crippen LogP contribution < -0.4 is 0 Å². The molecule has 0 aliphatic heterocycles. The SMILES string of the molecule is Clc1ccc2[nH]cc(CCBr)c2c1. The summed E-state index contributed by atoms with van der Waals surface area (Å²) in [4.78, 5) is 3.22. The third kappa shape index (κ3) is 1.74. The highest BCUT2D eigenvalue weighted by atomic mass is 79.9. The summed E-state index contributed by atoms with van der Waals surface area (Å²) in [5, 5.41) is 3.00. The zero-order valence-corrected chi connectivity index (χ0v) is 9.32. The molecule has 1 heterocycles. The minimum Gasteiger partial charge on any atom is -0.361 e. The molecule has 2 aromatic rings. The molecule has 2 rings (SSSR count). The first-order valence-electron chi connectivity index (χ1n) is 4.13. The highest BCUT2D eigenvalue weighted by Gasteiger charge is 2.02. The van der Waals surface area contributed by atoms with Crippen LogP contribution in [0.4, 0.5) is 0 Å². The van der Waals surface area contributed by atoms with Crippen LogP contribution >= 0.6 is 27.5 Å². The number of halogens is 2. The molecule has 0 atom stereocenters. The van der Waals surface area contributed by atoms with E-state index in [0.29, 0.717) is 0 Å². The molecule has 0 radical (unpaired) electrons. The predicted octanol–water partition coefficient (Wildman–Crippen LogP) is 3.76. The van der Waals surface area contributed by atoms with Gasteiger partial charge in [0.15, 0.2) is 0 Å². The van der Waals surface area contributed by atoms with Gasteiger partial charge in [0, 0.05) is 27.5 Å². The van der Waals surface area contributed by atoms with Gasteiger partial charge < -0.3 is 4.98 Å². The van der Waals surface area contributed by atoms with E-state index in [1.807, 2.05) is 24.4 Å². The van der Waals surface area contributed by atoms with Crippen LogP contribution in [0.3, 0.4) is 0 Å². The third-order valence-corrected chi connectivity index (χ3v) is 2.72. The van der Waals surface area contributed by atoms with Crippen molar-refractivity contribution in [1.82, 2.24) is 4.98 Å². The summed E-state index contributed by atoms with van der Waals surface area (Å²) in [6.07, 6.45) is 3.07. The van der Waals surface area contributed by atoms with Gasteiger partial charge in [-0.3, -0.25) is 0 Å². The Balaban J connectivity index is 2.58. The van der Waals surface area contributed by atoms with E-state index in [2.05, 4.69) is 20.9 Å². The molecular formula is C10H9BrClN. The predicted molar refractivity (Wildman–Crippen MR) is 60.8 cm³/mol. The van der Waals surface area contributed by atoms with Gasteiger partial charge in [0.05, 0.1) is 0 Å². The van der Waals surface area contributed by atoms with E-state index in [9.17, 15) is 0 Å². The summed E-state index contributed by atoms with van der Waals surface area (Å²) >= 11 is 9.35. The first-order valence-corrected chi connectivity index (χ1v) is 5.62. The van der Waals surface area contributed by atoms with Crippen LogP contribution in [0.25, 0.3) is 10.9 Å². The fourth-order valence-corrected chi connectivity index (χ4v) is 2.06. The van der Waals surface area contributed by atoms with Crippen LogP contribution in [-0.2, 0) is 6.42 Å². The number of fused-ring (bicyclic) bond motifs is 1. The summed E-state index contributed by atoms with van der Waals surface area (Å²) in [6.45, 7) is 0. The second kappa shape index (κ2) is 3.72. The molecule has 0 saturated carbocycles. The van der Waals surface area contributed by atoms with E-state index in [1.165, 1.54) is 10.9 Å². The van der Waals surface area contributed by atoms with Gasteiger partial charge in [-0.1, -0.05) is 27.5 Å². The number of aromatic amines is 1. The Labute approximate surface area is 90.2 Å². The molecule has 68 valence electrons. The van der Waals surface area contributed by atoms with Crippen LogP contribution in [0.15, 0.2) is 24.4 Å². The first-order chi connectivity index (χ1) is 6.31. The number of aromatic nitrogens is 1. The molecule has 0 spiro atoms. The van der Waals surface area contributed by atoms with Crippen LogP contribution in [0.5, 0.6) is 0 Å². The summed E-state index contributed by atoms with van der Waals surface area (Å²) in [6, 6.07) is 5.92. The number of rotatable bonds is 2. The lowest BCUT2D eigenvalue weighted by molar-refractivity contribution is 1.18. The summed E-state index contributed by atoms with van der Waals surface area (Å²) in [5.74, 6) is 0. The Morgan fingerprint density at radius 3 is 3.00 bits per heavy atom. The number of nitrogens with one attached hydrogen (secondary N) is 1. The highest BCUT2D eigenvalue weighted by Crippen LogP contribution is 2.22. The molecular weight excluding hydrogens is 249 g/mol. The van der Waals surface area contributed by atoms with Crippen molar-refractivity contribution in [3.05, 3.63) is 35.0 Å². The van der Waals surface area contributed by atoms with E-state index < -0.39 is 0 Å². The number of alkyl halides is 1. The molecule has 0 amide bonds. The van der Waals surface area contributed by atoms with Crippen molar-refractivity contribution in [2.75, 3.05) is 5.33 Å². The fourth-order valence-electron chi connectivity index (χ4n) is 1.46. The summed E-state index contributed by atoms with van der Waals surface area (Å²) in [5.41, 5.74) is 2.47. The number of H-pyrrole nitrogens is 1. The molecule has 1 N–H and O–H groups in total. The van der Waals surface area contributed by atoms with Crippen LogP contribution in [0, 0.1) is 0 Å². The van der Waals surface area contributed by atoms with E-state index in [-0.39, 0.29) is 0 Å². The third-order valence-electron chi connectivity index (χ3n) is 2.09. The quantitative estimate of drug-likeness (QED) is 0.790. The molecule has 1 aromatic heterocycles. The molecule has 13 heavy (non-hydrogen) atoms. The van der Waals surface area contributed by atoms with Gasteiger partial charge in [-0.25, -0.2) is 0 Å². The van der Waals surface area contributed by atoms with Crippen molar-refractivity contribution >= 4 is 38.4 Å². The molecule has 1 aromatic carbocycles. The van der Waals surface area contributed by atoms with E-state index >= 15 is 0 Å². The monoisotopic (exact) mass is 257 g/mol. The molecule has 0 aliphatic carbocycles. The van der Waals surface area contributed by atoms with Crippen LogP contribution in [0.2, 0.25) is 5.02 Å². The molecule has 0 saturated heterocycles. The van der Waals surface area contributed by atoms with Gasteiger partial charge >= 0.3 is 0 Å². The van der Waals surface area contributed by atoms with Gasteiger partial charge in [0.2, 0.25) is 0 Å². The van der Waals surface area contributed by atoms with Gasteiger partial charge in [0.1, 0.15) is 0 Å². The first kappa shape index (κ1) is 9.10. The fraction of sp³-hybridized carbons (Fsp3) is 0.200. The second-order valence-electron chi connectivity index (χ2n) is 2.94. The molecule has 0 unspecified atom stereocenters. The molecule has 3 heteroatoms. The minimum atomic E-state index is 0.794. The standard InChI is InChI=1S/C10H9BrClN/c11-4-3-7-6-13-10-2-1-8(12)5-9(7)10/h1-2,5-6,13H,3-4H2. The van der Waals surface area contributed by atoms with Gasteiger partial charge in [-0.15, -0.1) is 0 Å².